The van der Waals surface area contributed by atoms with Crippen LogP contribution in [-0.2, 0) is 16.6 Å². The molecule has 0 radical (unpaired) electrons. The largest absolute Gasteiger partial charge is 0.472 e. The zero-order valence-electron chi connectivity index (χ0n) is 15.2. The number of pyridine rings is 1. The third-order valence-corrected chi connectivity index (χ3v) is 5.87. The minimum absolute atomic E-state index is 0.126. The Balaban J connectivity index is 1.44. The number of hydrogen-bond acceptors (Lipinski definition) is 4. The summed E-state index contributed by atoms with van der Waals surface area (Å²) in [7, 11) is -3.67. The van der Waals surface area contributed by atoms with Crippen LogP contribution in [0.2, 0.25) is 0 Å². The summed E-state index contributed by atoms with van der Waals surface area (Å²) in [6.45, 7) is 0.126. The van der Waals surface area contributed by atoms with E-state index in [0.29, 0.717) is 0 Å². The highest BCUT2D eigenvalue weighted by molar-refractivity contribution is 7.89. The molecule has 4 rings (SSSR count). The van der Waals surface area contributed by atoms with Crippen LogP contribution >= 0.6 is 0 Å². The average Bonchev–Trinajstić information content (AvgIpc) is 3.28. The van der Waals surface area contributed by atoms with E-state index in [1.165, 1.54) is 24.3 Å². The van der Waals surface area contributed by atoms with Crippen LogP contribution in [0.1, 0.15) is 5.56 Å². The van der Waals surface area contributed by atoms with Crippen molar-refractivity contribution in [1.29, 1.82) is 0 Å². The van der Waals surface area contributed by atoms with Gasteiger partial charge in [0.05, 0.1) is 23.1 Å². The van der Waals surface area contributed by atoms with Gasteiger partial charge in [0.15, 0.2) is 0 Å². The van der Waals surface area contributed by atoms with E-state index in [1.807, 2.05) is 12.1 Å². The number of sulfonamides is 1. The summed E-state index contributed by atoms with van der Waals surface area (Å²) in [5, 5.41) is 0. The Labute approximate surface area is 167 Å². The van der Waals surface area contributed by atoms with Gasteiger partial charge in [-0.2, -0.15) is 0 Å². The molecule has 2 aromatic carbocycles. The molecule has 0 aliphatic carbocycles. The summed E-state index contributed by atoms with van der Waals surface area (Å²) in [4.78, 5) is 4.48. The van der Waals surface area contributed by atoms with Crippen LogP contribution in [0.15, 0.2) is 94.8 Å². The fourth-order valence-corrected chi connectivity index (χ4v) is 3.86. The lowest BCUT2D eigenvalue weighted by Gasteiger charge is -2.08. The lowest BCUT2D eigenvalue weighted by atomic mass is 10.1. The number of benzene rings is 2. The van der Waals surface area contributed by atoms with Gasteiger partial charge < -0.3 is 4.42 Å². The first-order valence-electron chi connectivity index (χ1n) is 8.84. The first kappa shape index (κ1) is 19.0. The molecule has 2 aromatic heterocycles. The monoisotopic (exact) mass is 408 g/mol. The average molecular weight is 408 g/mol. The smallest absolute Gasteiger partial charge is 0.240 e. The van der Waals surface area contributed by atoms with E-state index in [-0.39, 0.29) is 17.3 Å². The third kappa shape index (κ3) is 4.42. The molecule has 0 atom stereocenters. The number of rotatable bonds is 6. The first-order valence-corrected chi connectivity index (χ1v) is 10.3. The molecule has 0 saturated carbocycles. The van der Waals surface area contributed by atoms with E-state index >= 15 is 0 Å². The molecule has 7 heteroatoms. The molecule has 4 aromatic rings. The minimum atomic E-state index is -3.67. The fraction of sp³-hybridized carbons (Fsp3) is 0.0455. The SMILES string of the molecule is O=S(=O)(NCc1ccc(-c2ccoc2)nc1)c1ccc(-c2ccc(F)cc2)cc1. The van der Waals surface area contributed by atoms with Crippen LogP contribution in [0.3, 0.4) is 0 Å². The van der Waals surface area contributed by atoms with Gasteiger partial charge in [0.1, 0.15) is 5.82 Å². The maximum atomic E-state index is 13.0. The standard InChI is InChI=1S/C22H17FN2O3S/c23-20-6-2-17(3-7-20)18-4-8-21(9-5-18)29(26,27)25-14-16-1-10-22(24-13-16)19-11-12-28-15-19/h1-13,15,25H,14H2. The highest BCUT2D eigenvalue weighted by Crippen LogP contribution is 2.22. The molecule has 0 aliphatic heterocycles. The second kappa shape index (κ2) is 7.98. The van der Waals surface area contributed by atoms with Gasteiger partial charge in [-0.3, -0.25) is 4.98 Å². The van der Waals surface area contributed by atoms with Crippen molar-refractivity contribution in [2.24, 2.45) is 0 Å². The third-order valence-electron chi connectivity index (χ3n) is 4.45. The minimum Gasteiger partial charge on any atom is -0.472 e. The highest BCUT2D eigenvalue weighted by atomic mass is 32.2. The van der Waals surface area contributed by atoms with Crippen molar-refractivity contribution in [3.05, 3.63) is 96.8 Å². The molecule has 0 bridgehead atoms. The lowest BCUT2D eigenvalue weighted by Crippen LogP contribution is -2.23. The van der Waals surface area contributed by atoms with Gasteiger partial charge in [-0.25, -0.2) is 17.5 Å². The number of nitrogens with zero attached hydrogens (tertiary/aromatic N) is 1. The summed E-state index contributed by atoms with van der Waals surface area (Å²) in [5.41, 5.74) is 3.97. The van der Waals surface area contributed by atoms with E-state index in [1.54, 1.807) is 49.1 Å². The first-order chi connectivity index (χ1) is 14.0. The van der Waals surface area contributed by atoms with E-state index < -0.39 is 10.0 Å². The Bertz CT molecular complexity index is 1190. The zero-order chi connectivity index (χ0) is 20.3. The normalized spacial score (nSPS) is 11.5. The molecule has 0 aliphatic rings. The van der Waals surface area contributed by atoms with Crippen molar-refractivity contribution < 1.29 is 17.2 Å². The van der Waals surface area contributed by atoms with Crippen molar-refractivity contribution in [3.8, 4) is 22.4 Å². The van der Waals surface area contributed by atoms with Crippen molar-refractivity contribution in [2.75, 3.05) is 0 Å². The van der Waals surface area contributed by atoms with Crippen LogP contribution < -0.4 is 4.72 Å². The van der Waals surface area contributed by atoms with Crippen LogP contribution in [0.4, 0.5) is 4.39 Å². The quantitative estimate of drug-likeness (QED) is 0.505. The van der Waals surface area contributed by atoms with Crippen molar-refractivity contribution >= 4 is 10.0 Å². The van der Waals surface area contributed by atoms with E-state index in [9.17, 15) is 12.8 Å². The molecule has 0 unspecified atom stereocenters. The number of furan rings is 1. The van der Waals surface area contributed by atoms with Gasteiger partial charge in [-0.1, -0.05) is 30.3 Å². The summed E-state index contributed by atoms with van der Waals surface area (Å²) >= 11 is 0. The molecule has 0 saturated heterocycles. The Morgan fingerprint density at radius 3 is 2.14 bits per heavy atom. The van der Waals surface area contributed by atoms with Gasteiger partial charge in [-0.05, 0) is 53.1 Å². The summed E-state index contributed by atoms with van der Waals surface area (Å²) in [6.07, 6.45) is 4.79. The predicted molar refractivity (Wildman–Crippen MR) is 108 cm³/mol. The fourth-order valence-electron chi connectivity index (χ4n) is 2.84. The maximum absolute atomic E-state index is 13.0. The molecule has 0 spiro atoms. The molecule has 0 fully saturated rings. The second-order valence-electron chi connectivity index (χ2n) is 6.42. The van der Waals surface area contributed by atoms with Gasteiger partial charge in [0.25, 0.3) is 0 Å². The van der Waals surface area contributed by atoms with E-state index in [0.717, 1.165) is 27.9 Å². The summed E-state index contributed by atoms with van der Waals surface area (Å²) in [5.74, 6) is -0.315. The zero-order valence-corrected chi connectivity index (χ0v) is 16.1. The molecular formula is C22H17FN2O3S. The lowest BCUT2D eigenvalue weighted by molar-refractivity contribution is 0.568. The van der Waals surface area contributed by atoms with Crippen molar-refractivity contribution in [2.45, 2.75) is 11.4 Å². The predicted octanol–water partition coefficient (Wildman–Crippen LogP) is 4.63. The molecule has 5 nitrogen and oxygen atoms in total. The van der Waals surface area contributed by atoms with Crippen LogP contribution in [0, 0.1) is 5.82 Å². The van der Waals surface area contributed by atoms with Crippen LogP contribution in [0.5, 0.6) is 0 Å². The summed E-state index contributed by atoms with van der Waals surface area (Å²) in [6, 6.07) is 17.9. The number of nitrogens with one attached hydrogen (secondary N) is 1. The number of hydrogen-bond donors (Lipinski definition) is 1. The Morgan fingerprint density at radius 1 is 0.862 bits per heavy atom. The van der Waals surface area contributed by atoms with E-state index in [2.05, 4.69) is 9.71 Å². The Morgan fingerprint density at radius 2 is 1.55 bits per heavy atom. The maximum Gasteiger partial charge on any atom is 0.240 e. The van der Waals surface area contributed by atoms with Crippen LogP contribution in [-0.4, -0.2) is 13.4 Å². The number of aromatic nitrogens is 1. The second-order valence-corrected chi connectivity index (χ2v) is 8.19. The highest BCUT2D eigenvalue weighted by Gasteiger charge is 2.14. The molecule has 146 valence electrons. The van der Waals surface area contributed by atoms with Crippen molar-refractivity contribution in [1.82, 2.24) is 9.71 Å². The van der Waals surface area contributed by atoms with E-state index in [4.69, 9.17) is 4.42 Å². The molecule has 0 amide bonds. The van der Waals surface area contributed by atoms with Crippen molar-refractivity contribution in [3.63, 3.8) is 0 Å². The van der Waals surface area contributed by atoms with Gasteiger partial charge in [0, 0.05) is 18.3 Å². The van der Waals surface area contributed by atoms with Gasteiger partial charge in [-0.15, -0.1) is 0 Å². The van der Waals surface area contributed by atoms with Gasteiger partial charge in [0.2, 0.25) is 10.0 Å². The Kier molecular flexibility index (Phi) is 5.24. The van der Waals surface area contributed by atoms with Gasteiger partial charge >= 0.3 is 0 Å². The summed E-state index contributed by atoms with van der Waals surface area (Å²) < 4.78 is 45.8. The molecule has 2 heterocycles. The Hall–Kier alpha value is -3.29. The number of halogens is 1. The molecular weight excluding hydrogens is 391 g/mol. The topological polar surface area (TPSA) is 72.2 Å². The molecule has 29 heavy (non-hydrogen) atoms. The molecule has 1 N–H and O–H groups in total. The van der Waals surface area contributed by atoms with Crippen LogP contribution in [0.25, 0.3) is 22.4 Å².